The molecule has 2 fully saturated rings. The molecule has 0 radical (unpaired) electrons. The Balaban J connectivity index is 1.68. The lowest BCUT2D eigenvalue weighted by Crippen LogP contribution is -2.39. The number of nitrogens with one attached hydrogen (secondary N) is 1. The molecule has 0 aromatic heterocycles. The number of nitrogens with zero attached hydrogens (tertiary/aromatic N) is 2. The summed E-state index contributed by atoms with van der Waals surface area (Å²) < 4.78 is 0. The zero-order valence-electron chi connectivity index (χ0n) is 14.6. The minimum atomic E-state index is 0.0234. The molecule has 2 unspecified atom stereocenters. The van der Waals surface area contributed by atoms with Gasteiger partial charge >= 0.3 is 0 Å². The van der Waals surface area contributed by atoms with Gasteiger partial charge in [0.15, 0.2) is 0 Å². The maximum absolute atomic E-state index is 12.8. The maximum Gasteiger partial charge on any atom is 0.253 e. The summed E-state index contributed by atoms with van der Waals surface area (Å²) in [6.07, 6.45) is 3.42. The molecule has 2 heterocycles. The van der Waals surface area contributed by atoms with E-state index in [2.05, 4.69) is 5.32 Å². The first-order chi connectivity index (χ1) is 11.6. The van der Waals surface area contributed by atoms with E-state index in [1.54, 1.807) is 29.2 Å². The fourth-order valence-corrected chi connectivity index (χ4v) is 3.76. The third-order valence-corrected chi connectivity index (χ3v) is 5.24. The second kappa shape index (κ2) is 7.34. The third kappa shape index (κ3) is 3.46. The highest BCUT2D eigenvalue weighted by atomic mass is 16.2. The largest absolute Gasteiger partial charge is 0.339 e. The molecule has 5 nitrogen and oxygen atoms in total. The Hall–Kier alpha value is -1.88. The number of fused-ring (bicyclic) bond motifs is 2. The number of carbonyl (C=O) groups is 2. The van der Waals surface area contributed by atoms with Crippen LogP contribution in [0.2, 0.25) is 0 Å². The van der Waals surface area contributed by atoms with Gasteiger partial charge in [-0.1, -0.05) is 0 Å². The van der Waals surface area contributed by atoms with E-state index in [0.717, 1.165) is 25.9 Å². The van der Waals surface area contributed by atoms with Crippen LogP contribution in [-0.2, 0) is 0 Å². The summed E-state index contributed by atoms with van der Waals surface area (Å²) in [6.45, 7) is 6.93. The van der Waals surface area contributed by atoms with Crippen molar-refractivity contribution in [1.82, 2.24) is 15.1 Å². The van der Waals surface area contributed by atoms with Crippen molar-refractivity contribution in [3.63, 3.8) is 0 Å². The van der Waals surface area contributed by atoms with Crippen LogP contribution in [0.4, 0.5) is 0 Å². The number of likely N-dealkylation sites (tertiary alicyclic amines) is 1. The molecule has 2 aliphatic heterocycles. The van der Waals surface area contributed by atoms with Gasteiger partial charge in [-0.15, -0.1) is 0 Å². The standard InChI is InChI=1S/C19H27N3O2/c1-3-21(4-2)18(23)14-5-7-15(8-6-14)19(24)22-12-11-16-9-10-17(13-22)20-16/h5-8,16-17,20H,3-4,9-13H2,1-2H3. The van der Waals surface area contributed by atoms with Gasteiger partial charge in [0.2, 0.25) is 0 Å². The Bertz CT molecular complexity index is 595. The van der Waals surface area contributed by atoms with Crippen molar-refractivity contribution in [1.29, 1.82) is 0 Å². The number of rotatable bonds is 4. The van der Waals surface area contributed by atoms with Crippen LogP contribution < -0.4 is 5.32 Å². The van der Waals surface area contributed by atoms with Gasteiger partial charge in [0.05, 0.1) is 0 Å². The fourth-order valence-electron chi connectivity index (χ4n) is 3.76. The fraction of sp³-hybridized carbons (Fsp3) is 0.579. The summed E-state index contributed by atoms with van der Waals surface area (Å²) in [7, 11) is 0. The monoisotopic (exact) mass is 329 g/mol. The molecule has 1 aromatic rings. The van der Waals surface area contributed by atoms with Crippen LogP contribution in [0.3, 0.4) is 0 Å². The lowest BCUT2D eigenvalue weighted by atomic mass is 10.1. The van der Waals surface area contributed by atoms with Crippen LogP contribution in [0.25, 0.3) is 0 Å². The Morgan fingerprint density at radius 1 is 1.04 bits per heavy atom. The van der Waals surface area contributed by atoms with Gasteiger partial charge in [-0.3, -0.25) is 9.59 Å². The molecule has 1 aromatic carbocycles. The first kappa shape index (κ1) is 17.0. The summed E-state index contributed by atoms with van der Waals surface area (Å²) in [5, 5.41) is 3.59. The Morgan fingerprint density at radius 2 is 1.67 bits per heavy atom. The van der Waals surface area contributed by atoms with Gasteiger partial charge in [0.25, 0.3) is 11.8 Å². The van der Waals surface area contributed by atoms with Crippen LogP contribution in [0.1, 0.15) is 53.8 Å². The van der Waals surface area contributed by atoms with E-state index >= 15 is 0 Å². The predicted molar refractivity (Wildman–Crippen MR) is 94.2 cm³/mol. The topological polar surface area (TPSA) is 52.7 Å². The summed E-state index contributed by atoms with van der Waals surface area (Å²) in [5.74, 6) is 0.0986. The number of hydrogen-bond acceptors (Lipinski definition) is 3. The minimum absolute atomic E-state index is 0.0234. The second-order valence-electron chi connectivity index (χ2n) is 6.73. The molecule has 0 spiro atoms. The number of amides is 2. The molecule has 3 rings (SSSR count). The molecule has 2 aliphatic rings. The van der Waals surface area contributed by atoms with Crippen LogP contribution >= 0.6 is 0 Å². The number of hydrogen-bond donors (Lipinski definition) is 1. The molecule has 2 bridgehead atoms. The molecule has 130 valence electrons. The zero-order valence-corrected chi connectivity index (χ0v) is 14.6. The average Bonchev–Trinajstić information content (AvgIpc) is 2.94. The molecule has 24 heavy (non-hydrogen) atoms. The van der Waals surface area contributed by atoms with E-state index < -0.39 is 0 Å². The van der Waals surface area contributed by atoms with Gasteiger partial charge in [-0.05, 0) is 57.4 Å². The molecule has 2 saturated heterocycles. The van der Waals surface area contributed by atoms with Crippen molar-refractivity contribution in [2.45, 2.75) is 45.2 Å². The van der Waals surface area contributed by atoms with Crippen LogP contribution in [0.15, 0.2) is 24.3 Å². The Morgan fingerprint density at radius 3 is 2.33 bits per heavy atom. The maximum atomic E-state index is 12.8. The molecule has 1 N–H and O–H groups in total. The summed E-state index contributed by atoms with van der Waals surface area (Å²) in [4.78, 5) is 28.8. The highest BCUT2D eigenvalue weighted by Gasteiger charge is 2.31. The zero-order chi connectivity index (χ0) is 17.1. The highest BCUT2D eigenvalue weighted by molar-refractivity contribution is 5.97. The summed E-state index contributed by atoms with van der Waals surface area (Å²) in [6, 6.07) is 8.13. The Labute approximate surface area is 144 Å². The number of benzene rings is 1. The van der Waals surface area contributed by atoms with Crippen molar-refractivity contribution in [3.05, 3.63) is 35.4 Å². The van der Waals surface area contributed by atoms with E-state index in [1.165, 1.54) is 6.42 Å². The Kier molecular flexibility index (Phi) is 5.19. The van der Waals surface area contributed by atoms with Crippen molar-refractivity contribution < 1.29 is 9.59 Å². The van der Waals surface area contributed by atoms with Crippen molar-refractivity contribution in [2.75, 3.05) is 26.2 Å². The lowest BCUT2D eigenvalue weighted by molar-refractivity contribution is 0.0743. The van der Waals surface area contributed by atoms with E-state index in [-0.39, 0.29) is 11.8 Å². The second-order valence-corrected chi connectivity index (χ2v) is 6.73. The molecule has 2 amide bonds. The summed E-state index contributed by atoms with van der Waals surface area (Å²) in [5.41, 5.74) is 1.32. The minimum Gasteiger partial charge on any atom is -0.339 e. The van der Waals surface area contributed by atoms with Crippen molar-refractivity contribution in [2.24, 2.45) is 0 Å². The first-order valence-corrected chi connectivity index (χ1v) is 9.07. The SMILES string of the molecule is CCN(CC)C(=O)c1ccc(C(=O)N2CCC3CCC(C2)N3)cc1. The predicted octanol–water partition coefficient (Wildman–Crippen LogP) is 2.14. The van der Waals surface area contributed by atoms with Gasteiger partial charge in [0.1, 0.15) is 0 Å². The molecular weight excluding hydrogens is 302 g/mol. The van der Waals surface area contributed by atoms with E-state index in [9.17, 15) is 9.59 Å². The van der Waals surface area contributed by atoms with E-state index in [4.69, 9.17) is 0 Å². The van der Waals surface area contributed by atoms with Gasteiger partial charge in [0, 0.05) is 49.4 Å². The van der Waals surface area contributed by atoms with Gasteiger partial charge in [-0.2, -0.15) is 0 Å². The molecule has 2 atom stereocenters. The normalized spacial score (nSPS) is 23.0. The summed E-state index contributed by atoms with van der Waals surface area (Å²) >= 11 is 0. The lowest BCUT2D eigenvalue weighted by Gasteiger charge is -2.24. The average molecular weight is 329 g/mol. The molecule has 0 saturated carbocycles. The smallest absolute Gasteiger partial charge is 0.253 e. The first-order valence-electron chi connectivity index (χ1n) is 9.07. The van der Waals surface area contributed by atoms with Crippen LogP contribution in [0, 0.1) is 0 Å². The van der Waals surface area contributed by atoms with Crippen molar-refractivity contribution in [3.8, 4) is 0 Å². The molecule has 0 aliphatic carbocycles. The van der Waals surface area contributed by atoms with Crippen LogP contribution in [0.5, 0.6) is 0 Å². The third-order valence-electron chi connectivity index (χ3n) is 5.24. The molecule has 5 heteroatoms. The number of carbonyl (C=O) groups excluding carboxylic acids is 2. The quantitative estimate of drug-likeness (QED) is 0.921. The van der Waals surface area contributed by atoms with Crippen LogP contribution in [-0.4, -0.2) is 59.9 Å². The van der Waals surface area contributed by atoms with Crippen molar-refractivity contribution >= 4 is 11.8 Å². The molecular formula is C19H27N3O2. The van der Waals surface area contributed by atoms with Gasteiger partial charge < -0.3 is 15.1 Å². The van der Waals surface area contributed by atoms with Gasteiger partial charge in [-0.25, -0.2) is 0 Å². The van der Waals surface area contributed by atoms with E-state index in [1.807, 2.05) is 18.7 Å². The highest BCUT2D eigenvalue weighted by Crippen LogP contribution is 2.21. The van der Waals surface area contributed by atoms with E-state index in [0.29, 0.717) is 36.3 Å².